The maximum absolute atomic E-state index is 11.1. The smallest absolute Gasteiger partial charge is 0.179 e. The summed E-state index contributed by atoms with van der Waals surface area (Å²) in [4.78, 5) is 19.2. The van der Waals surface area contributed by atoms with Crippen molar-refractivity contribution >= 4 is 11.4 Å². The van der Waals surface area contributed by atoms with Crippen molar-refractivity contribution in [3.8, 4) is 0 Å². The van der Waals surface area contributed by atoms with Crippen molar-refractivity contribution in [3.05, 3.63) is 30.0 Å². The van der Waals surface area contributed by atoms with E-state index in [1.807, 2.05) is 17.5 Å². The molecule has 4 nitrogen and oxygen atoms in total. The van der Waals surface area contributed by atoms with Crippen LogP contribution < -0.4 is 0 Å². The molecule has 2 rings (SSSR count). The minimum Gasteiger partial charge on any atom is -0.301 e. The molecule has 13 heavy (non-hydrogen) atoms. The molecule has 0 saturated carbocycles. The van der Waals surface area contributed by atoms with Crippen LogP contribution in [0.25, 0.3) is 5.65 Å². The first kappa shape index (κ1) is 7.91. The standard InChI is InChI=1S/C9H9N3O/c1-6-9(7(2)13)11-5-8-10-3-4-12(6)8/h3-5H,1-2H3. The van der Waals surface area contributed by atoms with Crippen LogP contribution in [0.2, 0.25) is 0 Å². The number of fused-ring (bicyclic) bond motifs is 1. The maximum Gasteiger partial charge on any atom is 0.179 e. The van der Waals surface area contributed by atoms with Gasteiger partial charge in [-0.3, -0.25) is 4.79 Å². The minimum atomic E-state index is -0.0203. The molecule has 0 radical (unpaired) electrons. The van der Waals surface area contributed by atoms with E-state index in [1.54, 1.807) is 12.4 Å². The normalized spacial score (nSPS) is 10.6. The molecule has 2 aromatic heterocycles. The lowest BCUT2D eigenvalue weighted by molar-refractivity contribution is 0.101. The van der Waals surface area contributed by atoms with Gasteiger partial charge in [-0.05, 0) is 6.92 Å². The van der Waals surface area contributed by atoms with Gasteiger partial charge in [0.25, 0.3) is 0 Å². The molecule has 2 heterocycles. The third-order valence-electron chi connectivity index (χ3n) is 2.02. The summed E-state index contributed by atoms with van der Waals surface area (Å²) in [6, 6.07) is 0. The Balaban J connectivity index is 2.80. The molecule has 4 heteroatoms. The highest BCUT2D eigenvalue weighted by Crippen LogP contribution is 2.08. The van der Waals surface area contributed by atoms with E-state index in [-0.39, 0.29) is 5.78 Å². The number of carbonyl (C=O) groups is 1. The molecule has 0 aliphatic rings. The van der Waals surface area contributed by atoms with Gasteiger partial charge in [-0.1, -0.05) is 0 Å². The minimum absolute atomic E-state index is 0.0203. The van der Waals surface area contributed by atoms with Crippen LogP contribution in [-0.2, 0) is 0 Å². The lowest BCUT2D eigenvalue weighted by atomic mass is 10.2. The number of carbonyl (C=O) groups excluding carboxylic acids is 1. The van der Waals surface area contributed by atoms with Crippen molar-refractivity contribution in [1.29, 1.82) is 0 Å². The Morgan fingerprint density at radius 3 is 2.92 bits per heavy atom. The van der Waals surface area contributed by atoms with Gasteiger partial charge in [-0.2, -0.15) is 0 Å². The number of imidazole rings is 1. The molecule has 0 amide bonds. The van der Waals surface area contributed by atoms with Crippen molar-refractivity contribution in [2.24, 2.45) is 0 Å². The summed E-state index contributed by atoms with van der Waals surface area (Å²) in [6.45, 7) is 3.37. The molecule has 66 valence electrons. The fourth-order valence-electron chi connectivity index (χ4n) is 1.37. The molecule has 0 aliphatic carbocycles. The number of nitrogens with zero attached hydrogens (tertiary/aromatic N) is 3. The van der Waals surface area contributed by atoms with Gasteiger partial charge in [0, 0.05) is 19.3 Å². The number of ketones is 1. The van der Waals surface area contributed by atoms with Gasteiger partial charge >= 0.3 is 0 Å². The lowest BCUT2D eigenvalue weighted by Crippen LogP contribution is -2.04. The summed E-state index contributed by atoms with van der Waals surface area (Å²) >= 11 is 0. The second-order valence-corrected chi connectivity index (χ2v) is 2.90. The molecule has 0 atom stereocenters. The first-order valence-corrected chi connectivity index (χ1v) is 4.00. The predicted octanol–water partition coefficient (Wildman–Crippen LogP) is 1.24. The zero-order chi connectivity index (χ0) is 9.42. The fraction of sp³-hybridized carbons (Fsp3) is 0.222. The van der Waals surface area contributed by atoms with Crippen LogP contribution in [0.3, 0.4) is 0 Å². The van der Waals surface area contributed by atoms with Gasteiger partial charge in [0.15, 0.2) is 11.4 Å². The van der Waals surface area contributed by atoms with Gasteiger partial charge in [0.05, 0.1) is 11.9 Å². The number of aryl methyl sites for hydroxylation is 1. The Hall–Kier alpha value is -1.71. The van der Waals surface area contributed by atoms with E-state index in [0.29, 0.717) is 5.69 Å². The summed E-state index contributed by atoms with van der Waals surface area (Å²) in [5.41, 5.74) is 2.11. The monoisotopic (exact) mass is 175 g/mol. The van der Waals surface area contributed by atoms with Gasteiger partial charge in [0.2, 0.25) is 0 Å². The highest BCUT2D eigenvalue weighted by molar-refractivity contribution is 5.93. The van der Waals surface area contributed by atoms with E-state index in [2.05, 4.69) is 9.97 Å². The van der Waals surface area contributed by atoms with Crippen molar-refractivity contribution in [2.75, 3.05) is 0 Å². The van der Waals surface area contributed by atoms with Crippen LogP contribution in [0.5, 0.6) is 0 Å². The van der Waals surface area contributed by atoms with Crippen LogP contribution in [-0.4, -0.2) is 20.2 Å². The topological polar surface area (TPSA) is 47.3 Å². The zero-order valence-electron chi connectivity index (χ0n) is 7.48. The van der Waals surface area contributed by atoms with Crippen molar-refractivity contribution < 1.29 is 4.79 Å². The second-order valence-electron chi connectivity index (χ2n) is 2.90. The highest BCUT2D eigenvalue weighted by atomic mass is 16.1. The predicted molar refractivity (Wildman–Crippen MR) is 47.7 cm³/mol. The Kier molecular flexibility index (Phi) is 1.62. The lowest BCUT2D eigenvalue weighted by Gasteiger charge is -2.02. The second kappa shape index (κ2) is 2.65. The third kappa shape index (κ3) is 1.11. The third-order valence-corrected chi connectivity index (χ3v) is 2.02. The fourth-order valence-corrected chi connectivity index (χ4v) is 1.37. The molecule has 2 aromatic rings. The van der Waals surface area contributed by atoms with Crippen LogP contribution in [0.1, 0.15) is 23.1 Å². The molecule has 0 aliphatic heterocycles. The Morgan fingerprint density at radius 2 is 2.23 bits per heavy atom. The number of aromatic nitrogens is 3. The maximum atomic E-state index is 11.1. The number of hydrogen-bond acceptors (Lipinski definition) is 3. The van der Waals surface area contributed by atoms with Gasteiger partial charge in [0.1, 0.15) is 5.69 Å². The zero-order valence-corrected chi connectivity index (χ0v) is 7.48. The van der Waals surface area contributed by atoms with E-state index in [1.165, 1.54) is 6.92 Å². The summed E-state index contributed by atoms with van der Waals surface area (Å²) in [5, 5.41) is 0. The highest BCUT2D eigenvalue weighted by Gasteiger charge is 2.08. The molecule has 0 aromatic carbocycles. The SMILES string of the molecule is CC(=O)c1ncc2nccn2c1C. The summed E-state index contributed by atoms with van der Waals surface area (Å²) in [7, 11) is 0. The van der Waals surface area contributed by atoms with Crippen LogP contribution >= 0.6 is 0 Å². The first-order valence-electron chi connectivity index (χ1n) is 4.00. The summed E-state index contributed by atoms with van der Waals surface area (Å²) < 4.78 is 1.85. The average Bonchev–Trinajstić information content (AvgIpc) is 2.52. The molecule has 0 spiro atoms. The quantitative estimate of drug-likeness (QED) is 0.612. The van der Waals surface area contributed by atoms with Gasteiger partial charge in [-0.25, -0.2) is 9.97 Å². The van der Waals surface area contributed by atoms with E-state index in [9.17, 15) is 4.79 Å². The summed E-state index contributed by atoms with van der Waals surface area (Å²) in [5.74, 6) is -0.0203. The van der Waals surface area contributed by atoms with Crippen LogP contribution in [0, 0.1) is 6.92 Å². The largest absolute Gasteiger partial charge is 0.301 e. The number of Topliss-reactive ketones (excluding diaryl/α,β-unsaturated/α-hetero) is 1. The van der Waals surface area contributed by atoms with Crippen molar-refractivity contribution in [1.82, 2.24) is 14.4 Å². The Bertz CT molecular complexity index is 473. The van der Waals surface area contributed by atoms with Gasteiger partial charge in [-0.15, -0.1) is 0 Å². The number of hydrogen-bond donors (Lipinski definition) is 0. The van der Waals surface area contributed by atoms with E-state index in [0.717, 1.165) is 11.3 Å². The summed E-state index contributed by atoms with van der Waals surface area (Å²) in [6.07, 6.45) is 5.11. The molecule has 0 N–H and O–H groups in total. The van der Waals surface area contributed by atoms with E-state index >= 15 is 0 Å². The Labute approximate surface area is 75.2 Å². The van der Waals surface area contributed by atoms with Crippen LogP contribution in [0.4, 0.5) is 0 Å². The first-order chi connectivity index (χ1) is 6.20. The molecule has 0 unspecified atom stereocenters. The van der Waals surface area contributed by atoms with E-state index < -0.39 is 0 Å². The van der Waals surface area contributed by atoms with Crippen LogP contribution in [0.15, 0.2) is 18.6 Å². The Morgan fingerprint density at radius 1 is 1.46 bits per heavy atom. The van der Waals surface area contributed by atoms with E-state index in [4.69, 9.17) is 0 Å². The van der Waals surface area contributed by atoms with Gasteiger partial charge < -0.3 is 4.40 Å². The van der Waals surface area contributed by atoms with Crippen molar-refractivity contribution in [3.63, 3.8) is 0 Å². The van der Waals surface area contributed by atoms with Crippen molar-refractivity contribution in [2.45, 2.75) is 13.8 Å². The average molecular weight is 175 g/mol. The molecule has 0 bridgehead atoms. The molecular weight excluding hydrogens is 166 g/mol. The molecule has 0 fully saturated rings. The molecular formula is C9H9N3O. The number of rotatable bonds is 1. The molecule has 0 saturated heterocycles.